The molecule has 1 fully saturated rings. The molecule has 1 aliphatic rings. The molecule has 0 amide bonds. The highest BCUT2D eigenvalue weighted by Crippen LogP contribution is 2.34. The van der Waals surface area contributed by atoms with Crippen LogP contribution in [0.15, 0.2) is 4.52 Å². The van der Waals surface area contributed by atoms with Gasteiger partial charge in [0.15, 0.2) is 0 Å². The van der Waals surface area contributed by atoms with Crippen molar-refractivity contribution in [3.63, 3.8) is 0 Å². The molecule has 0 unspecified atom stereocenters. The Morgan fingerprint density at radius 2 is 2.22 bits per heavy atom. The summed E-state index contributed by atoms with van der Waals surface area (Å²) in [7, 11) is 0. The fourth-order valence-electron chi connectivity index (χ4n) is 2.06. The van der Waals surface area contributed by atoms with Crippen molar-refractivity contribution in [2.75, 3.05) is 26.4 Å². The summed E-state index contributed by atoms with van der Waals surface area (Å²) in [6.45, 7) is 3.48. The smallest absolute Gasteiger partial charge is 0.246 e. The van der Waals surface area contributed by atoms with Crippen molar-refractivity contribution in [2.24, 2.45) is 5.73 Å². The van der Waals surface area contributed by atoms with Gasteiger partial charge in [-0.25, -0.2) is 0 Å². The highest BCUT2D eigenvalue weighted by atomic mass is 16.5. The topological polar surface area (TPSA) is 104 Å². The molecule has 3 N–H and O–H groups in total. The molecule has 7 nitrogen and oxygen atoms in total. The molecule has 102 valence electrons. The van der Waals surface area contributed by atoms with E-state index in [2.05, 4.69) is 10.1 Å². The predicted octanol–water partition coefficient (Wildman–Crippen LogP) is 0.104. The van der Waals surface area contributed by atoms with Gasteiger partial charge in [-0.05, 0) is 6.92 Å². The van der Waals surface area contributed by atoms with Crippen molar-refractivity contribution in [2.45, 2.75) is 31.4 Å². The van der Waals surface area contributed by atoms with Gasteiger partial charge in [0.25, 0.3) is 0 Å². The molecule has 1 atom stereocenters. The van der Waals surface area contributed by atoms with Crippen molar-refractivity contribution in [1.82, 2.24) is 10.1 Å². The SMILES string of the molecule is CCOC1(c2noc([C@H](N)CO)n2)CCOCC1. The Labute approximate surface area is 105 Å². The van der Waals surface area contributed by atoms with Crippen LogP contribution >= 0.6 is 0 Å². The van der Waals surface area contributed by atoms with E-state index >= 15 is 0 Å². The molecule has 1 aromatic rings. The van der Waals surface area contributed by atoms with Gasteiger partial charge in [0.05, 0.1) is 6.61 Å². The largest absolute Gasteiger partial charge is 0.394 e. The highest BCUT2D eigenvalue weighted by molar-refractivity contribution is 5.04. The molecule has 0 aliphatic carbocycles. The molecule has 1 saturated heterocycles. The average Bonchev–Trinajstić information content (AvgIpc) is 2.89. The van der Waals surface area contributed by atoms with E-state index in [0.717, 1.165) is 0 Å². The van der Waals surface area contributed by atoms with Crippen LogP contribution < -0.4 is 5.73 Å². The van der Waals surface area contributed by atoms with Crippen LogP contribution in [0.2, 0.25) is 0 Å². The molecule has 1 aliphatic heterocycles. The minimum atomic E-state index is -0.648. The van der Waals surface area contributed by atoms with E-state index in [9.17, 15) is 0 Å². The number of aromatic nitrogens is 2. The molecular formula is C11H19N3O4. The van der Waals surface area contributed by atoms with Crippen LogP contribution in [0.1, 0.15) is 37.5 Å². The number of nitrogens with zero attached hydrogens (tertiary/aromatic N) is 2. The summed E-state index contributed by atoms with van der Waals surface area (Å²) in [6, 6.07) is -0.648. The van der Waals surface area contributed by atoms with Gasteiger partial charge in [0.1, 0.15) is 11.6 Å². The lowest BCUT2D eigenvalue weighted by Crippen LogP contribution is -2.37. The van der Waals surface area contributed by atoms with Crippen molar-refractivity contribution in [3.8, 4) is 0 Å². The Bertz CT molecular complexity index is 371. The van der Waals surface area contributed by atoms with Gasteiger partial charge in [-0.3, -0.25) is 0 Å². The molecular weight excluding hydrogens is 238 g/mol. The van der Waals surface area contributed by atoms with Gasteiger partial charge in [0, 0.05) is 32.7 Å². The Morgan fingerprint density at radius 1 is 1.50 bits per heavy atom. The first kappa shape index (κ1) is 13.4. The lowest BCUT2D eigenvalue weighted by Gasteiger charge is -2.33. The number of aliphatic hydroxyl groups excluding tert-OH is 1. The summed E-state index contributed by atoms with van der Waals surface area (Å²) in [6.07, 6.45) is 1.38. The number of hydrogen-bond donors (Lipinski definition) is 2. The summed E-state index contributed by atoms with van der Waals surface area (Å²) in [4.78, 5) is 4.25. The number of ether oxygens (including phenoxy) is 2. The second-order valence-corrected chi connectivity index (χ2v) is 4.28. The number of rotatable bonds is 5. The second kappa shape index (κ2) is 5.75. The maximum atomic E-state index is 8.97. The summed E-state index contributed by atoms with van der Waals surface area (Å²) in [5, 5.41) is 12.9. The lowest BCUT2D eigenvalue weighted by molar-refractivity contribution is -0.118. The first-order chi connectivity index (χ1) is 8.72. The third-order valence-electron chi connectivity index (χ3n) is 3.08. The molecule has 7 heteroatoms. The number of nitrogens with two attached hydrogens (primary N) is 1. The monoisotopic (exact) mass is 257 g/mol. The van der Waals surface area contributed by atoms with Crippen molar-refractivity contribution < 1.29 is 19.1 Å². The van der Waals surface area contributed by atoms with Crippen LogP contribution in [0.4, 0.5) is 0 Å². The standard InChI is InChI=1S/C11H19N3O4/c1-2-17-11(3-5-16-6-4-11)10-13-9(18-14-10)8(12)7-15/h8,15H,2-7,12H2,1H3/t8-/m1/s1. The highest BCUT2D eigenvalue weighted by Gasteiger charge is 2.40. The molecule has 0 spiro atoms. The minimum absolute atomic E-state index is 0.230. The molecule has 18 heavy (non-hydrogen) atoms. The van der Waals surface area contributed by atoms with Gasteiger partial charge in [-0.15, -0.1) is 0 Å². The fraction of sp³-hybridized carbons (Fsp3) is 0.818. The lowest BCUT2D eigenvalue weighted by atomic mass is 9.93. The van der Waals surface area contributed by atoms with Crippen LogP contribution in [-0.2, 0) is 15.1 Å². The quantitative estimate of drug-likeness (QED) is 0.771. The molecule has 2 rings (SSSR count). The molecule has 2 heterocycles. The molecule has 0 radical (unpaired) electrons. The average molecular weight is 257 g/mol. The maximum absolute atomic E-state index is 8.97. The summed E-state index contributed by atoms with van der Waals surface area (Å²) in [5.41, 5.74) is 5.09. The van der Waals surface area contributed by atoms with Gasteiger partial charge >= 0.3 is 0 Å². The van der Waals surface area contributed by atoms with Crippen LogP contribution in [0, 0.1) is 0 Å². The molecule has 0 bridgehead atoms. The Balaban J connectivity index is 2.22. The van der Waals surface area contributed by atoms with E-state index in [1.165, 1.54) is 0 Å². The fourth-order valence-corrected chi connectivity index (χ4v) is 2.06. The summed E-state index contributed by atoms with van der Waals surface area (Å²) in [5.74, 6) is 0.726. The van der Waals surface area contributed by atoms with Crippen LogP contribution in [0.3, 0.4) is 0 Å². The van der Waals surface area contributed by atoms with E-state index in [4.69, 9.17) is 24.8 Å². The third-order valence-corrected chi connectivity index (χ3v) is 3.08. The summed E-state index contributed by atoms with van der Waals surface area (Å²) < 4.78 is 16.2. The predicted molar refractivity (Wildman–Crippen MR) is 61.7 cm³/mol. The number of hydrogen-bond acceptors (Lipinski definition) is 7. The molecule has 0 aromatic carbocycles. The van der Waals surface area contributed by atoms with Crippen molar-refractivity contribution >= 4 is 0 Å². The van der Waals surface area contributed by atoms with Crippen LogP contribution in [0.25, 0.3) is 0 Å². The third kappa shape index (κ3) is 2.54. The zero-order chi connectivity index (χ0) is 13.0. The van der Waals surface area contributed by atoms with Gasteiger partial charge in [-0.1, -0.05) is 5.16 Å². The minimum Gasteiger partial charge on any atom is -0.394 e. The zero-order valence-electron chi connectivity index (χ0n) is 10.5. The van der Waals surface area contributed by atoms with Crippen LogP contribution in [0.5, 0.6) is 0 Å². The normalized spacial score (nSPS) is 20.8. The Hall–Kier alpha value is -1.02. The maximum Gasteiger partial charge on any atom is 0.246 e. The van der Waals surface area contributed by atoms with E-state index in [-0.39, 0.29) is 12.5 Å². The van der Waals surface area contributed by atoms with Crippen molar-refractivity contribution in [3.05, 3.63) is 11.7 Å². The van der Waals surface area contributed by atoms with Crippen LogP contribution in [-0.4, -0.2) is 41.7 Å². The van der Waals surface area contributed by atoms with E-state index in [1.54, 1.807) is 0 Å². The van der Waals surface area contributed by atoms with E-state index in [1.807, 2.05) is 6.92 Å². The van der Waals surface area contributed by atoms with E-state index < -0.39 is 11.6 Å². The van der Waals surface area contributed by atoms with Gasteiger partial charge < -0.3 is 24.8 Å². The first-order valence-electron chi connectivity index (χ1n) is 6.14. The zero-order valence-corrected chi connectivity index (χ0v) is 10.5. The molecule has 1 aromatic heterocycles. The summed E-state index contributed by atoms with van der Waals surface area (Å²) >= 11 is 0. The Kier molecular flexibility index (Phi) is 4.28. The van der Waals surface area contributed by atoms with E-state index in [0.29, 0.717) is 38.5 Å². The van der Waals surface area contributed by atoms with Gasteiger partial charge in [0.2, 0.25) is 11.7 Å². The number of aliphatic hydroxyl groups is 1. The Morgan fingerprint density at radius 3 is 2.83 bits per heavy atom. The van der Waals surface area contributed by atoms with Crippen molar-refractivity contribution in [1.29, 1.82) is 0 Å². The first-order valence-corrected chi connectivity index (χ1v) is 6.14. The molecule has 0 saturated carbocycles. The second-order valence-electron chi connectivity index (χ2n) is 4.28. The van der Waals surface area contributed by atoms with Gasteiger partial charge in [-0.2, -0.15) is 4.98 Å².